The van der Waals surface area contributed by atoms with Crippen LogP contribution in [0.15, 0.2) is 12.1 Å². The number of thiophene rings is 1. The van der Waals surface area contributed by atoms with E-state index in [9.17, 15) is 4.79 Å². The normalized spacial score (nSPS) is 21.1. The predicted octanol–water partition coefficient (Wildman–Crippen LogP) is 1.88. The highest BCUT2D eigenvalue weighted by molar-refractivity contribution is 7.13. The molecule has 2 heterocycles. The number of hydrogen-bond acceptors (Lipinski definition) is 3. The van der Waals surface area contributed by atoms with E-state index in [1.54, 1.807) is 11.3 Å². The lowest BCUT2D eigenvalue weighted by atomic mass is 10.1. The third-order valence-corrected chi connectivity index (χ3v) is 4.06. The maximum absolute atomic E-state index is 12.2. The van der Waals surface area contributed by atoms with E-state index in [2.05, 4.69) is 5.32 Å². The molecule has 1 amide bonds. The molecule has 1 aromatic heterocycles. The molecule has 0 bridgehead atoms. The van der Waals surface area contributed by atoms with Crippen LogP contribution >= 0.6 is 11.3 Å². The molecule has 1 aromatic rings. The zero-order valence-electron chi connectivity index (χ0n) is 9.82. The fourth-order valence-electron chi connectivity index (χ4n) is 2.10. The highest BCUT2D eigenvalue weighted by Gasteiger charge is 2.24. The summed E-state index contributed by atoms with van der Waals surface area (Å²) >= 11 is 1.59. The summed E-state index contributed by atoms with van der Waals surface area (Å²) in [7, 11) is 1.97. The van der Waals surface area contributed by atoms with E-state index in [-0.39, 0.29) is 5.91 Å². The van der Waals surface area contributed by atoms with Crippen molar-refractivity contribution in [2.75, 3.05) is 20.1 Å². The fraction of sp³-hybridized carbons (Fsp3) is 0.583. The van der Waals surface area contributed by atoms with Gasteiger partial charge in [-0.05, 0) is 38.9 Å². The Morgan fingerprint density at radius 2 is 2.38 bits per heavy atom. The number of aryl methyl sites for hydroxylation is 1. The first-order valence-electron chi connectivity index (χ1n) is 5.73. The third-order valence-electron chi connectivity index (χ3n) is 3.07. The summed E-state index contributed by atoms with van der Waals surface area (Å²) in [5.74, 6) is 0.193. The van der Waals surface area contributed by atoms with Crippen molar-refractivity contribution in [2.24, 2.45) is 0 Å². The van der Waals surface area contributed by atoms with Crippen molar-refractivity contribution in [3.8, 4) is 0 Å². The molecule has 1 saturated heterocycles. The number of carbonyl (C=O) groups is 1. The van der Waals surface area contributed by atoms with Crippen molar-refractivity contribution >= 4 is 17.2 Å². The molecular weight excluding hydrogens is 220 g/mol. The van der Waals surface area contributed by atoms with E-state index in [0.29, 0.717) is 6.04 Å². The number of amides is 1. The van der Waals surface area contributed by atoms with Gasteiger partial charge >= 0.3 is 0 Å². The summed E-state index contributed by atoms with van der Waals surface area (Å²) in [4.78, 5) is 16.2. The number of nitrogens with zero attached hydrogens (tertiary/aromatic N) is 1. The van der Waals surface area contributed by atoms with Gasteiger partial charge in [0.2, 0.25) is 0 Å². The van der Waals surface area contributed by atoms with Gasteiger partial charge < -0.3 is 10.2 Å². The molecule has 88 valence electrons. The first-order chi connectivity index (χ1) is 7.70. The minimum Gasteiger partial charge on any atom is -0.336 e. The number of likely N-dealkylation sites (tertiary alicyclic amines) is 1. The van der Waals surface area contributed by atoms with Crippen LogP contribution in [-0.2, 0) is 0 Å². The highest BCUT2D eigenvalue weighted by atomic mass is 32.1. The Hall–Kier alpha value is -0.870. The van der Waals surface area contributed by atoms with Gasteiger partial charge in [0.15, 0.2) is 0 Å². The molecule has 0 radical (unpaired) electrons. The Morgan fingerprint density at radius 1 is 1.56 bits per heavy atom. The Kier molecular flexibility index (Phi) is 3.61. The van der Waals surface area contributed by atoms with Crippen molar-refractivity contribution in [2.45, 2.75) is 25.8 Å². The molecule has 1 atom stereocenters. The van der Waals surface area contributed by atoms with E-state index < -0.39 is 0 Å². The van der Waals surface area contributed by atoms with Crippen molar-refractivity contribution in [3.63, 3.8) is 0 Å². The molecule has 3 nitrogen and oxygen atoms in total. The summed E-state index contributed by atoms with van der Waals surface area (Å²) in [6, 6.07) is 4.40. The van der Waals surface area contributed by atoms with E-state index in [1.165, 1.54) is 11.3 Å². The first kappa shape index (κ1) is 11.6. The number of piperidine rings is 1. The van der Waals surface area contributed by atoms with Crippen molar-refractivity contribution in [1.29, 1.82) is 0 Å². The van der Waals surface area contributed by atoms with Crippen LogP contribution in [-0.4, -0.2) is 37.0 Å². The Morgan fingerprint density at radius 3 is 3.00 bits per heavy atom. The minimum absolute atomic E-state index is 0.193. The van der Waals surface area contributed by atoms with Gasteiger partial charge in [-0.25, -0.2) is 0 Å². The average Bonchev–Trinajstić information content (AvgIpc) is 2.75. The van der Waals surface area contributed by atoms with Crippen molar-refractivity contribution in [3.05, 3.63) is 21.9 Å². The Labute approximate surface area is 100 Å². The van der Waals surface area contributed by atoms with Crippen LogP contribution in [0.2, 0.25) is 0 Å². The monoisotopic (exact) mass is 238 g/mol. The number of carbonyl (C=O) groups excluding carboxylic acids is 1. The molecule has 1 aliphatic rings. The van der Waals surface area contributed by atoms with Crippen LogP contribution in [0.25, 0.3) is 0 Å². The zero-order chi connectivity index (χ0) is 11.5. The van der Waals surface area contributed by atoms with Crippen LogP contribution in [0.1, 0.15) is 27.4 Å². The maximum Gasteiger partial charge on any atom is 0.263 e. The molecule has 1 fully saturated rings. The molecular formula is C12H18N2OS. The standard InChI is InChI=1S/C12H18N2OS/c1-9-5-6-11(16-9)12(15)14-7-3-4-10(8-14)13-2/h5-6,10,13H,3-4,7-8H2,1-2H3. The highest BCUT2D eigenvalue weighted by Crippen LogP contribution is 2.19. The SMILES string of the molecule is CNC1CCCN(C(=O)c2ccc(C)s2)C1. The second kappa shape index (κ2) is 4.97. The van der Waals surface area contributed by atoms with E-state index in [4.69, 9.17) is 0 Å². The Balaban J connectivity index is 2.04. The number of likely N-dealkylation sites (N-methyl/N-ethyl adjacent to an activating group) is 1. The van der Waals surface area contributed by atoms with Crippen molar-refractivity contribution in [1.82, 2.24) is 10.2 Å². The molecule has 0 saturated carbocycles. The third kappa shape index (κ3) is 2.44. The molecule has 2 rings (SSSR count). The lowest BCUT2D eigenvalue weighted by Gasteiger charge is -2.32. The lowest BCUT2D eigenvalue weighted by molar-refractivity contribution is 0.0703. The van der Waals surface area contributed by atoms with Gasteiger partial charge in [-0.3, -0.25) is 4.79 Å². The second-order valence-electron chi connectivity index (χ2n) is 4.29. The second-order valence-corrected chi connectivity index (χ2v) is 5.58. The topological polar surface area (TPSA) is 32.3 Å². The van der Waals surface area contributed by atoms with Gasteiger partial charge in [0, 0.05) is 24.0 Å². The first-order valence-corrected chi connectivity index (χ1v) is 6.55. The predicted molar refractivity (Wildman–Crippen MR) is 67.0 cm³/mol. The van der Waals surface area contributed by atoms with Gasteiger partial charge in [-0.15, -0.1) is 11.3 Å². The van der Waals surface area contributed by atoms with Gasteiger partial charge in [0.1, 0.15) is 0 Å². The summed E-state index contributed by atoms with van der Waals surface area (Å²) in [5, 5.41) is 3.25. The van der Waals surface area contributed by atoms with Crippen LogP contribution in [0, 0.1) is 6.92 Å². The average molecular weight is 238 g/mol. The summed E-state index contributed by atoms with van der Waals surface area (Å²) in [5.41, 5.74) is 0. The molecule has 1 aliphatic heterocycles. The minimum atomic E-state index is 0.193. The van der Waals surface area contributed by atoms with E-state index >= 15 is 0 Å². The van der Waals surface area contributed by atoms with Gasteiger partial charge in [0.25, 0.3) is 5.91 Å². The zero-order valence-corrected chi connectivity index (χ0v) is 10.6. The van der Waals surface area contributed by atoms with Crippen LogP contribution in [0.3, 0.4) is 0 Å². The quantitative estimate of drug-likeness (QED) is 0.853. The summed E-state index contributed by atoms with van der Waals surface area (Å²) in [6.45, 7) is 3.77. The smallest absolute Gasteiger partial charge is 0.263 e. The Bertz CT molecular complexity index is 375. The molecule has 16 heavy (non-hydrogen) atoms. The molecule has 1 unspecified atom stereocenters. The summed E-state index contributed by atoms with van der Waals surface area (Å²) < 4.78 is 0. The molecule has 4 heteroatoms. The van der Waals surface area contributed by atoms with Gasteiger partial charge in [0.05, 0.1) is 4.88 Å². The van der Waals surface area contributed by atoms with Gasteiger partial charge in [-0.1, -0.05) is 0 Å². The van der Waals surface area contributed by atoms with E-state index in [0.717, 1.165) is 24.4 Å². The summed E-state index contributed by atoms with van der Waals surface area (Å²) in [6.07, 6.45) is 2.27. The van der Waals surface area contributed by atoms with Crippen molar-refractivity contribution < 1.29 is 4.79 Å². The van der Waals surface area contributed by atoms with Crippen LogP contribution < -0.4 is 5.32 Å². The van der Waals surface area contributed by atoms with Crippen LogP contribution in [0.5, 0.6) is 0 Å². The maximum atomic E-state index is 12.2. The number of rotatable bonds is 2. The lowest BCUT2D eigenvalue weighted by Crippen LogP contribution is -2.46. The van der Waals surface area contributed by atoms with Gasteiger partial charge in [-0.2, -0.15) is 0 Å². The fourth-order valence-corrected chi connectivity index (χ4v) is 2.94. The molecule has 0 aliphatic carbocycles. The van der Waals surface area contributed by atoms with Crippen LogP contribution in [0.4, 0.5) is 0 Å². The number of hydrogen-bond donors (Lipinski definition) is 1. The number of nitrogens with one attached hydrogen (secondary N) is 1. The molecule has 0 spiro atoms. The molecule has 1 N–H and O–H groups in total. The van der Waals surface area contributed by atoms with E-state index in [1.807, 2.05) is 31.0 Å². The molecule has 0 aromatic carbocycles. The largest absolute Gasteiger partial charge is 0.336 e.